The van der Waals surface area contributed by atoms with Crippen LogP contribution in [0.1, 0.15) is 22.3 Å². The minimum Gasteiger partial charge on any atom is -0.192 e. The molecule has 0 saturated carbocycles. The first-order valence-electron chi connectivity index (χ1n) is 6.26. The lowest BCUT2D eigenvalue weighted by Crippen LogP contribution is -2.04. The lowest BCUT2D eigenvalue weighted by Gasteiger charge is -2.07. The highest BCUT2D eigenvalue weighted by Gasteiger charge is 2.30. The molecule has 21 heavy (non-hydrogen) atoms. The number of nitriles is 1. The van der Waals surface area contributed by atoms with E-state index in [1.165, 1.54) is 12.1 Å². The Kier molecular flexibility index (Phi) is 4.13. The predicted molar refractivity (Wildman–Crippen MR) is 76.1 cm³/mol. The summed E-state index contributed by atoms with van der Waals surface area (Å²) in [6.45, 7) is 1.92. The second-order valence-corrected chi connectivity index (χ2v) is 4.66. The van der Waals surface area contributed by atoms with Crippen LogP contribution >= 0.6 is 0 Å². The molecule has 0 saturated heterocycles. The highest BCUT2D eigenvalue weighted by molar-refractivity contribution is 5.89. The summed E-state index contributed by atoms with van der Waals surface area (Å²) in [7, 11) is 0. The molecule has 0 aliphatic carbocycles. The fourth-order valence-corrected chi connectivity index (χ4v) is 1.88. The molecule has 4 heteroatoms. The summed E-state index contributed by atoms with van der Waals surface area (Å²) in [5.74, 6) is 0. The molecule has 0 aliphatic heterocycles. The van der Waals surface area contributed by atoms with Crippen molar-refractivity contribution in [3.63, 3.8) is 0 Å². The maximum Gasteiger partial charge on any atom is 0.416 e. The minimum absolute atomic E-state index is 0.328. The van der Waals surface area contributed by atoms with E-state index in [1.54, 1.807) is 18.2 Å². The third-order valence-corrected chi connectivity index (χ3v) is 3.01. The maximum absolute atomic E-state index is 12.7. The number of hydrogen-bond acceptors (Lipinski definition) is 1. The fraction of sp³-hybridized carbons (Fsp3) is 0.118. The van der Waals surface area contributed by atoms with Gasteiger partial charge in [0.15, 0.2) is 0 Å². The Labute approximate surface area is 121 Å². The van der Waals surface area contributed by atoms with E-state index in [0.29, 0.717) is 16.7 Å². The summed E-state index contributed by atoms with van der Waals surface area (Å²) in [5.41, 5.74) is 1.68. The summed E-state index contributed by atoms with van der Waals surface area (Å²) in [6, 6.07) is 14.2. The van der Waals surface area contributed by atoms with E-state index in [-0.39, 0.29) is 0 Å². The molecular formula is C17H12F3N. The smallest absolute Gasteiger partial charge is 0.192 e. The van der Waals surface area contributed by atoms with Gasteiger partial charge in [-0.25, -0.2) is 0 Å². The van der Waals surface area contributed by atoms with Gasteiger partial charge in [0.25, 0.3) is 0 Å². The zero-order valence-corrected chi connectivity index (χ0v) is 11.3. The summed E-state index contributed by atoms with van der Waals surface area (Å²) in [5, 5.41) is 9.20. The monoisotopic (exact) mass is 287 g/mol. The van der Waals surface area contributed by atoms with Crippen molar-refractivity contribution in [1.82, 2.24) is 0 Å². The van der Waals surface area contributed by atoms with E-state index >= 15 is 0 Å². The fourth-order valence-electron chi connectivity index (χ4n) is 1.88. The van der Waals surface area contributed by atoms with Crippen molar-refractivity contribution < 1.29 is 13.2 Å². The Hall–Kier alpha value is -2.54. The summed E-state index contributed by atoms with van der Waals surface area (Å²) in [4.78, 5) is 0. The van der Waals surface area contributed by atoms with Crippen molar-refractivity contribution in [2.75, 3.05) is 0 Å². The molecule has 0 fully saturated rings. The third kappa shape index (κ3) is 3.73. The van der Waals surface area contributed by atoms with Crippen LogP contribution in [0.25, 0.3) is 11.6 Å². The molecule has 0 radical (unpaired) electrons. The van der Waals surface area contributed by atoms with Crippen molar-refractivity contribution in [3.8, 4) is 6.07 Å². The van der Waals surface area contributed by atoms with Crippen LogP contribution in [0.3, 0.4) is 0 Å². The van der Waals surface area contributed by atoms with Gasteiger partial charge in [-0.2, -0.15) is 18.4 Å². The van der Waals surface area contributed by atoms with Gasteiger partial charge in [0.05, 0.1) is 17.2 Å². The molecule has 1 nitrogen and oxygen atoms in total. The van der Waals surface area contributed by atoms with Gasteiger partial charge >= 0.3 is 6.18 Å². The van der Waals surface area contributed by atoms with Crippen LogP contribution in [0, 0.1) is 18.3 Å². The van der Waals surface area contributed by atoms with Crippen LogP contribution in [0.5, 0.6) is 0 Å². The summed E-state index contributed by atoms with van der Waals surface area (Å²) >= 11 is 0. The Bertz CT molecular complexity index is 704. The standard InChI is InChI=1S/C17H12F3N/c1-12-5-7-14(8-6-12)15(11-21)9-13-3-2-4-16(10-13)17(18,19)20/h2-10H,1H3/b15-9-. The van der Waals surface area contributed by atoms with E-state index in [2.05, 4.69) is 0 Å². The molecule has 0 N–H and O–H groups in total. The second-order valence-electron chi connectivity index (χ2n) is 4.66. The molecule has 2 aromatic carbocycles. The van der Waals surface area contributed by atoms with Gasteiger partial charge in [-0.05, 0) is 36.3 Å². The molecule has 0 aromatic heterocycles. The molecule has 0 aliphatic rings. The first kappa shape index (κ1) is 14.9. The minimum atomic E-state index is -4.39. The SMILES string of the molecule is Cc1ccc(/C(C#N)=C\c2cccc(C(F)(F)F)c2)cc1. The zero-order chi connectivity index (χ0) is 15.5. The number of halogens is 3. The van der Waals surface area contributed by atoms with Gasteiger partial charge in [0.1, 0.15) is 0 Å². The van der Waals surface area contributed by atoms with E-state index in [1.807, 2.05) is 25.1 Å². The molecule has 106 valence electrons. The third-order valence-electron chi connectivity index (χ3n) is 3.01. The molecule has 2 aromatic rings. The quantitative estimate of drug-likeness (QED) is 0.558. The largest absolute Gasteiger partial charge is 0.416 e. The van der Waals surface area contributed by atoms with Crippen molar-refractivity contribution in [1.29, 1.82) is 5.26 Å². The lowest BCUT2D eigenvalue weighted by molar-refractivity contribution is -0.137. The molecule has 0 spiro atoms. The Balaban J connectivity index is 2.41. The molecule has 0 bridgehead atoms. The van der Waals surface area contributed by atoms with E-state index in [0.717, 1.165) is 17.7 Å². The van der Waals surface area contributed by atoms with Gasteiger partial charge < -0.3 is 0 Å². The molecular weight excluding hydrogens is 275 g/mol. The number of allylic oxidation sites excluding steroid dienone is 1. The average molecular weight is 287 g/mol. The van der Waals surface area contributed by atoms with Crippen LogP contribution in [0.4, 0.5) is 13.2 Å². The van der Waals surface area contributed by atoms with Gasteiger partial charge in [-0.15, -0.1) is 0 Å². The zero-order valence-electron chi connectivity index (χ0n) is 11.3. The van der Waals surface area contributed by atoms with Gasteiger partial charge in [-0.1, -0.05) is 42.0 Å². The number of hydrogen-bond donors (Lipinski definition) is 0. The average Bonchev–Trinajstić information content (AvgIpc) is 2.45. The van der Waals surface area contributed by atoms with Crippen molar-refractivity contribution in [2.24, 2.45) is 0 Å². The second kappa shape index (κ2) is 5.84. The van der Waals surface area contributed by atoms with Gasteiger partial charge in [0.2, 0.25) is 0 Å². The summed E-state index contributed by atoms with van der Waals surface area (Å²) in [6.07, 6.45) is -2.93. The highest BCUT2D eigenvalue weighted by Crippen LogP contribution is 2.30. The van der Waals surface area contributed by atoms with Crippen molar-refractivity contribution in [2.45, 2.75) is 13.1 Å². The van der Waals surface area contributed by atoms with Gasteiger partial charge in [0, 0.05) is 0 Å². The van der Waals surface area contributed by atoms with Crippen LogP contribution in [0.15, 0.2) is 48.5 Å². The topological polar surface area (TPSA) is 23.8 Å². The Morgan fingerprint density at radius 1 is 1.10 bits per heavy atom. The number of rotatable bonds is 2. The number of aryl methyl sites for hydroxylation is 1. The molecule has 0 unspecified atom stereocenters. The van der Waals surface area contributed by atoms with Crippen LogP contribution in [-0.2, 0) is 6.18 Å². The normalized spacial score (nSPS) is 12.0. The Morgan fingerprint density at radius 2 is 1.76 bits per heavy atom. The van der Waals surface area contributed by atoms with Crippen LogP contribution < -0.4 is 0 Å². The number of benzene rings is 2. The van der Waals surface area contributed by atoms with E-state index in [9.17, 15) is 18.4 Å². The van der Waals surface area contributed by atoms with E-state index < -0.39 is 11.7 Å². The molecule has 0 atom stereocenters. The van der Waals surface area contributed by atoms with Crippen LogP contribution in [0.2, 0.25) is 0 Å². The highest BCUT2D eigenvalue weighted by atomic mass is 19.4. The Morgan fingerprint density at radius 3 is 2.33 bits per heavy atom. The van der Waals surface area contributed by atoms with Gasteiger partial charge in [-0.3, -0.25) is 0 Å². The lowest BCUT2D eigenvalue weighted by atomic mass is 10.0. The molecule has 0 heterocycles. The first-order chi connectivity index (χ1) is 9.90. The van der Waals surface area contributed by atoms with Crippen molar-refractivity contribution in [3.05, 3.63) is 70.8 Å². The summed E-state index contributed by atoms with van der Waals surface area (Å²) < 4.78 is 38.0. The number of alkyl halides is 3. The van der Waals surface area contributed by atoms with Crippen molar-refractivity contribution >= 4 is 11.6 Å². The number of nitrogens with zero attached hydrogens (tertiary/aromatic N) is 1. The first-order valence-corrected chi connectivity index (χ1v) is 6.26. The maximum atomic E-state index is 12.7. The molecule has 0 amide bonds. The molecule has 2 rings (SSSR count). The van der Waals surface area contributed by atoms with E-state index in [4.69, 9.17) is 0 Å². The predicted octanol–water partition coefficient (Wildman–Crippen LogP) is 5.08. The van der Waals surface area contributed by atoms with Crippen LogP contribution in [-0.4, -0.2) is 0 Å².